The van der Waals surface area contributed by atoms with Crippen LogP contribution in [0, 0.1) is 11.8 Å². The van der Waals surface area contributed by atoms with Gasteiger partial charge in [-0.2, -0.15) is 0 Å². The smallest absolute Gasteiger partial charge is 0.0431 e. The standard InChI is InChI=1S/C12H17NO.C2H6/c1-3-12(9-10-13-2)8-6-4-5-7-11-14;1-2/h3,9-10,14H,1,4-5,7,11H2,2H3;1-2H3/b12-9+,13-10?;. The summed E-state index contributed by atoms with van der Waals surface area (Å²) in [5.74, 6) is 6.00. The molecule has 2 nitrogen and oxygen atoms in total. The van der Waals surface area contributed by atoms with Crippen LogP contribution in [0.5, 0.6) is 0 Å². The highest BCUT2D eigenvalue weighted by atomic mass is 16.2. The predicted octanol–water partition coefficient (Wildman–Crippen LogP) is 2.99. The Bertz CT molecular complexity index is 266. The van der Waals surface area contributed by atoms with Gasteiger partial charge in [-0.05, 0) is 18.9 Å². The SMILES string of the molecule is C=C/C(C#CCCCCO)=C\C=NC.CC. The molecule has 0 aromatic carbocycles. The van der Waals surface area contributed by atoms with E-state index in [4.69, 9.17) is 5.11 Å². The number of hydrogen-bond acceptors (Lipinski definition) is 2. The van der Waals surface area contributed by atoms with Crippen LogP contribution in [-0.2, 0) is 0 Å². The Labute approximate surface area is 99.8 Å². The van der Waals surface area contributed by atoms with Crippen molar-refractivity contribution in [2.45, 2.75) is 33.1 Å². The summed E-state index contributed by atoms with van der Waals surface area (Å²) in [7, 11) is 1.71. The van der Waals surface area contributed by atoms with Gasteiger partial charge in [0, 0.05) is 31.9 Å². The average Bonchev–Trinajstić information content (AvgIpc) is 2.35. The minimum Gasteiger partial charge on any atom is -0.396 e. The third-order valence-corrected chi connectivity index (χ3v) is 1.57. The molecule has 0 aliphatic rings. The van der Waals surface area contributed by atoms with Gasteiger partial charge in [-0.3, -0.25) is 4.99 Å². The van der Waals surface area contributed by atoms with Crippen LogP contribution in [0.15, 0.2) is 29.3 Å². The molecular weight excluding hydrogens is 198 g/mol. The summed E-state index contributed by atoms with van der Waals surface area (Å²) in [4.78, 5) is 3.83. The number of allylic oxidation sites excluding steroid dienone is 3. The number of aliphatic imine (C=N–C) groups is 1. The normalized spacial score (nSPS) is 10.1. The van der Waals surface area contributed by atoms with Crippen molar-refractivity contribution in [2.75, 3.05) is 13.7 Å². The van der Waals surface area contributed by atoms with Crippen molar-refractivity contribution in [2.24, 2.45) is 4.99 Å². The summed E-state index contributed by atoms with van der Waals surface area (Å²) in [6.45, 7) is 7.90. The summed E-state index contributed by atoms with van der Waals surface area (Å²) in [6, 6.07) is 0. The number of rotatable bonds is 5. The van der Waals surface area contributed by atoms with E-state index in [1.54, 1.807) is 19.3 Å². The fourth-order valence-corrected chi connectivity index (χ4v) is 0.805. The second kappa shape index (κ2) is 16.1. The zero-order chi connectivity index (χ0) is 12.6. The Morgan fingerprint density at radius 2 is 2.06 bits per heavy atom. The van der Waals surface area contributed by atoms with Crippen LogP contribution in [-0.4, -0.2) is 25.0 Å². The molecule has 0 amide bonds. The van der Waals surface area contributed by atoms with E-state index in [-0.39, 0.29) is 6.61 Å². The van der Waals surface area contributed by atoms with Crippen LogP contribution in [0.3, 0.4) is 0 Å². The lowest BCUT2D eigenvalue weighted by molar-refractivity contribution is 0.285. The first-order valence-electron chi connectivity index (χ1n) is 5.69. The molecule has 0 radical (unpaired) electrons. The molecule has 0 aromatic heterocycles. The molecule has 0 unspecified atom stereocenters. The number of aliphatic hydroxyl groups excluding tert-OH is 1. The Balaban J connectivity index is 0. The largest absolute Gasteiger partial charge is 0.396 e. The Morgan fingerprint density at radius 1 is 1.38 bits per heavy atom. The van der Waals surface area contributed by atoms with E-state index in [1.807, 2.05) is 19.9 Å². The molecule has 0 heterocycles. The first-order chi connectivity index (χ1) is 7.85. The summed E-state index contributed by atoms with van der Waals surface area (Å²) < 4.78 is 0. The molecule has 2 heteroatoms. The third kappa shape index (κ3) is 12.7. The Hall–Kier alpha value is -1.33. The van der Waals surface area contributed by atoms with E-state index >= 15 is 0 Å². The molecule has 1 N–H and O–H groups in total. The van der Waals surface area contributed by atoms with E-state index in [9.17, 15) is 0 Å². The number of hydrogen-bond donors (Lipinski definition) is 1. The summed E-state index contributed by atoms with van der Waals surface area (Å²) in [5.41, 5.74) is 0.875. The van der Waals surface area contributed by atoms with Crippen molar-refractivity contribution < 1.29 is 5.11 Å². The second-order valence-electron chi connectivity index (χ2n) is 2.72. The van der Waals surface area contributed by atoms with Crippen molar-refractivity contribution >= 4 is 6.21 Å². The van der Waals surface area contributed by atoms with Crippen LogP contribution in [0.25, 0.3) is 0 Å². The van der Waals surface area contributed by atoms with Gasteiger partial charge in [-0.25, -0.2) is 0 Å². The van der Waals surface area contributed by atoms with Crippen LogP contribution in [0.4, 0.5) is 0 Å². The van der Waals surface area contributed by atoms with Gasteiger partial charge in [-0.15, -0.1) is 0 Å². The van der Waals surface area contributed by atoms with E-state index in [0.717, 1.165) is 24.8 Å². The monoisotopic (exact) mass is 221 g/mol. The van der Waals surface area contributed by atoms with Gasteiger partial charge in [0.15, 0.2) is 0 Å². The molecule has 0 bridgehead atoms. The van der Waals surface area contributed by atoms with Gasteiger partial charge >= 0.3 is 0 Å². The molecule has 90 valence electrons. The minimum absolute atomic E-state index is 0.244. The average molecular weight is 221 g/mol. The highest BCUT2D eigenvalue weighted by molar-refractivity contribution is 5.74. The van der Waals surface area contributed by atoms with E-state index in [2.05, 4.69) is 23.4 Å². The zero-order valence-electron chi connectivity index (χ0n) is 10.7. The third-order valence-electron chi connectivity index (χ3n) is 1.57. The minimum atomic E-state index is 0.244. The van der Waals surface area contributed by atoms with Gasteiger partial charge in [0.1, 0.15) is 0 Å². The first kappa shape index (κ1) is 17.1. The van der Waals surface area contributed by atoms with Crippen molar-refractivity contribution in [1.29, 1.82) is 0 Å². The molecule has 0 fully saturated rings. The van der Waals surface area contributed by atoms with Crippen LogP contribution >= 0.6 is 0 Å². The summed E-state index contributed by atoms with van der Waals surface area (Å²) in [5, 5.41) is 8.54. The van der Waals surface area contributed by atoms with Gasteiger partial charge in [-0.1, -0.05) is 38.3 Å². The quantitative estimate of drug-likeness (QED) is 0.329. The predicted molar refractivity (Wildman–Crippen MR) is 72.8 cm³/mol. The van der Waals surface area contributed by atoms with E-state index in [0.29, 0.717) is 0 Å². The molecule has 0 saturated heterocycles. The highest BCUT2D eigenvalue weighted by Crippen LogP contribution is 1.95. The number of nitrogens with zero attached hydrogens (tertiary/aromatic N) is 1. The molecule has 0 aliphatic carbocycles. The molecule has 0 spiro atoms. The topological polar surface area (TPSA) is 32.6 Å². The molecule has 16 heavy (non-hydrogen) atoms. The molecule has 0 aromatic rings. The second-order valence-corrected chi connectivity index (χ2v) is 2.72. The lowest BCUT2D eigenvalue weighted by Gasteiger charge is -1.89. The number of unbranched alkanes of at least 4 members (excludes halogenated alkanes) is 2. The lowest BCUT2D eigenvalue weighted by Crippen LogP contribution is -1.81. The van der Waals surface area contributed by atoms with Crippen LogP contribution < -0.4 is 0 Å². The van der Waals surface area contributed by atoms with Crippen molar-refractivity contribution in [3.8, 4) is 11.8 Å². The van der Waals surface area contributed by atoms with Crippen molar-refractivity contribution in [3.05, 3.63) is 24.3 Å². The van der Waals surface area contributed by atoms with Crippen LogP contribution in [0.1, 0.15) is 33.1 Å². The maximum atomic E-state index is 8.54. The maximum Gasteiger partial charge on any atom is 0.0431 e. The van der Waals surface area contributed by atoms with Crippen molar-refractivity contribution in [1.82, 2.24) is 0 Å². The maximum absolute atomic E-state index is 8.54. The number of aliphatic hydroxyl groups is 1. The fourth-order valence-electron chi connectivity index (χ4n) is 0.805. The fraction of sp³-hybridized carbons (Fsp3) is 0.500. The first-order valence-corrected chi connectivity index (χ1v) is 5.69. The van der Waals surface area contributed by atoms with E-state index in [1.165, 1.54) is 0 Å². The Morgan fingerprint density at radius 3 is 2.56 bits per heavy atom. The van der Waals surface area contributed by atoms with Gasteiger partial charge in [0.25, 0.3) is 0 Å². The molecular formula is C14H23NO. The molecule has 0 saturated carbocycles. The van der Waals surface area contributed by atoms with Gasteiger partial charge < -0.3 is 5.11 Å². The van der Waals surface area contributed by atoms with Gasteiger partial charge in [0.05, 0.1) is 0 Å². The summed E-state index contributed by atoms with van der Waals surface area (Å²) in [6.07, 6.45) is 7.80. The Kier molecular flexibility index (Phi) is 17.2. The van der Waals surface area contributed by atoms with Crippen LogP contribution in [0.2, 0.25) is 0 Å². The zero-order valence-corrected chi connectivity index (χ0v) is 10.7. The molecule has 0 aliphatic heterocycles. The molecule has 0 rings (SSSR count). The lowest BCUT2D eigenvalue weighted by atomic mass is 10.2. The highest BCUT2D eigenvalue weighted by Gasteiger charge is 1.83. The van der Waals surface area contributed by atoms with Crippen molar-refractivity contribution in [3.63, 3.8) is 0 Å². The van der Waals surface area contributed by atoms with Gasteiger partial charge in [0.2, 0.25) is 0 Å². The van der Waals surface area contributed by atoms with E-state index < -0.39 is 0 Å². The molecule has 0 atom stereocenters. The summed E-state index contributed by atoms with van der Waals surface area (Å²) >= 11 is 0.